The van der Waals surface area contributed by atoms with Crippen LogP contribution in [0.5, 0.6) is 0 Å². The monoisotopic (exact) mass is 680 g/mol. The number of H-pyrrole nitrogens is 2. The lowest BCUT2D eigenvalue weighted by Crippen LogP contribution is -2.46. The summed E-state index contributed by atoms with van der Waals surface area (Å²) in [6.07, 6.45) is -1.28. The molecule has 0 aliphatic carbocycles. The van der Waals surface area contributed by atoms with Crippen LogP contribution in [-0.4, -0.2) is 111 Å². The summed E-state index contributed by atoms with van der Waals surface area (Å²) < 4.78 is 34.6. The molecule has 0 bridgehead atoms. The average Bonchev–Trinajstić information content (AvgIpc) is 3.83. The highest BCUT2D eigenvalue weighted by Gasteiger charge is 2.44. The summed E-state index contributed by atoms with van der Waals surface area (Å²) in [4.78, 5) is 46.0. The molecule has 0 aromatic carbocycles. The number of hydrogen-bond acceptors (Lipinski definition) is 15. The lowest BCUT2D eigenvalue weighted by molar-refractivity contribution is -1.08. The highest BCUT2D eigenvalue weighted by Crippen LogP contribution is 2.49. The largest absolute Gasteiger partial charge is 0.394 e. The van der Waals surface area contributed by atoms with Crippen molar-refractivity contribution in [3.8, 4) is 0 Å². The molecule has 6 rings (SSSR count). The Morgan fingerprint density at radius 3 is 2.00 bits per heavy atom. The number of rotatable bonds is 13. The Morgan fingerprint density at radius 2 is 1.47 bits per heavy atom. The van der Waals surface area contributed by atoms with Crippen molar-refractivity contribution in [2.24, 2.45) is 0 Å². The van der Waals surface area contributed by atoms with Gasteiger partial charge in [-0.05, 0) is 20.8 Å². The van der Waals surface area contributed by atoms with Crippen LogP contribution in [-0.2, 0) is 23.1 Å². The highest BCUT2D eigenvalue weighted by atomic mass is 31.2. The minimum absolute atomic E-state index is 0.0680. The molecule has 4 aromatic heterocycles. The number of nitrogens with one attached hydrogen (secondary N) is 2. The quantitative estimate of drug-likeness (QED) is 0.0606. The standard InChI is InChI=1S/C26H38N11O9P/c1-4-37(5-2,6-3)46-47(42-10-16-13(39)7-17(44-16)35-11-29-19-21(35)31-25(27)33-23(19)40)45-14-8-18(43-15(14)9-38)36-12-30-20-22(36)32-26(28)34-24(20)41/h11-18,38-39H,4-10H2,1-3H3,(H5-,27,28,31,32,33,34,40,41)/p+1/t13-,14-,15+,16+,17+,18+,47?/m0/s1. The van der Waals surface area contributed by atoms with E-state index in [1.807, 2.05) is 20.8 Å². The number of aliphatic hydroxyl groups is 2. The lowest BCUT2D eigenvalue weighted by Gasteiger charge is -2.35. The first-order chi connectivity index (χ1) is 22.6. The Balaban J connectivity index is 1.19. The van der Waals surface area contributed by atoms with Gasteiger partial charge in [0, 0.05) is 12.8 Å². The number of aliphatic hydroxyl groups excluding tert-OH is 2. The van der Waals surface area contributed by atoms with Crippen molar-refractivity contribution in [1.29, 1.82) is 0 Å². The van der Waals surface area contributed by atoms with Crippen LogP contribution in [0.4, 0.5) is 11.9 Å². The first-order valence-electron chi connectivity index (χ1n) is 15.3. The third-order valence-corrected chi connectivity index (χ3v) is 9.90. The predicted molar refractivity (Wildman–Crippen MR) is 166 cm³/mol. The molecular weight excluding hydrogens is 641 g/mol. The van der Waals surface area contributed by atoms with Crippen molar-refractivity contribution >= 4 is 42.8 Å². The fourth-order valence-electron chi connectivity index (χ4n) is 5.79. The lowest BCUT2D eigenvalue weighted by atomic mass is 10.2. The Labute approximate surface area is 268 Å². The van der Waals surface area contributed by atoms with E-state index in [2.05, 4.69) is 29.9 Å². The van der Waals surface area contributed by atoms with Gasteiger partial charge in [-0.3, -0.25) is 28.7 Å². The SMILES string of the molecule is CC[N+](CC)(CC)OP(OC[C@H]1O[C@@H](n2cnc3c(=O)[nH]c(N)nc32)C[C@@H]1O)O[C@H]1C[C@H](n2cnc3c(=O)[nH]c(N)nc32)O[C@@H]1CO. The van der Waals surface area contributed by atoms with E-state index in [0.717, 1.165) is 0 Å². The van der Waals surface area contributed by atoms with Crippen molar-refractivity contribution in [1.82, 2.24) is 39.0 Å². The van der Waals surface area contributed by atoms with Crippen molar-refractivity contribution in [2.75, 3.05) is 44.3 Å². The third kappa shape index (κ3) is 6.48. The van der Waals surface area contributed by atoms with Gasteiger partial charge >= 0.3 is 8.60 Å². The summed E-state index contributed by atoms with van der Waals surface area (Å²) in [5.74, 6) is -0.137. The van der Waals surface area contributed by atoms with Gasteiger partial charge in [0.25, 0.3) is 11.1 Å². The number of ether oxygens (including phenoxy) is 2. The molecule has 2 saturated heterocycles. The number of nitrogens with two attached hydrogens (primary N) is 2. The van der Waals surface area contributed by atoms with Crippen LogP contribution in [0.3, 0.4) is 0 Å². The number of aromatic nitrogens is 8. The summed E-state index contributed by atoms with van der Waals surface area (Å²) in [5.41, 5.74) is 11.2. The topological polar surface area (TPSA) is 266 Å². The maximum atomic E-state index is 12.3. The van der Waals surface area contributed by atoms with Gasteiger partial charge in [-0.2, -0.15) is 14.6 Å². The second kappa shape index (κ2) is 13.5. The summed E-state index contributed by atoms with van der Waals surface area (Å²) in [5, 5.41) is 21.1. The summed E-state index contributed by atoms with van der Waals surface area (Å²) in [6, 6.07) is 0. The molecule has 0 spiro atoms. The molecule has 20 nitrogen and oxygen atoms in total. The molecule has 0 radical (unpaired) electrons. The number of fused-ring (bicyclic) bond motifs is 2. The van der Waals surface area contributed by atoms with Crippen LogP contribution in [0.1, 0.15) is 46.1 Å². The van der Waals surface area contributed by atoms with Crippen molar-refractivity contribution in [3.63, 3.8) is 0 Å². The molecule has 2 aliphatic heterocycles. The van der Waals surface area contributed by atoms with Gasteiger partial charge in [-0.15, -0.1) is 4.62 Å². The third-order valence-electron chi connectivity index (χ3n) is 8.62. The van der Waals surface area contributed by atoms with Gasteiger partial charge in [0.1, 0.15) is 44.3 Å². The smallest absolute Gasteiger partial charge is 0.392 e. The van der Waals surface area contributed by atoms with E-state index in [4.69, 9.17) is 34.6 Å². The van der Waals surface area contributed by atoms with Gasteiger partial charge in [-0.1, -0.05) is 0 Å². The molecule has 2 aliphatic rings. The Hall–Kier alpha value is -3.59. The summed E-state index contributed by atoms with van der Waals surface area (Å²) in [6.45, 7) is 7.40. The zero-order valence-electron chi connectivity index (χ0n) is 26.1. The number of nitrogen functional groups attached to an aromatic ring is 2. The molecule has 7 atom stereocenters. The van der Waals surface area contributed by atoms with E-state index in [-0.39, 0.29) is 64.9 Å². The average molecular weight is 681 g/mol. The van der Waals surface area contributed by atoms with E-state index in [1.54, 1.807) is 9.13 Å². The molecule has 6 heterocycles. The molecule has 4 aromatic rings. The molecule has 256 valence electrons. The summed E-state index contributed by atoms with van der Waals surface area (Å²) >= 11 is 0. The normalized spacial score (nSPS) is 25.7. The van der Waals surface area contributed by atoms with E-state index in [0.29, 0.717) is 19.6 Å². The number of nitrogens with zero attached hydrogens (tertiary/aromatic N) is 7. The van der Waals surface area contributed by atoms with Crippen LogP contribution in [0.2, 0.25) is 0 Å². The van der Waals surface area contributed by atoms with Crippen molar-refractivity contribution < 1.29 is 38.0 Å². The van der Waals surface area contributed by atoms with E-state index < -0.39 is 56.6 Å². The maximum Gasteiger partial charge on any atom is 0.392 e. The minimum Gasteiger partial charge on any atom is -0.394 e. The number of hydroxylamine groups is 3. The van der Waals surface area contributed by atoms with Crippen LogP contribution in [0.25, 0.3) is 22.3 Å². The number of aromatic amines is 2. The van der Waals surface area contributed by atoms with Crippen molar-refractivity contribution in [2.45, 2.75) is 70.5 Å². The van der Waals surface area contributed by atoms with E-state index in [1.165, 1.54) is 12.7 Å². The van der Waals surface area contributed by atoms with Crippen LogP contribution in [0, 0.1) is 0 Å². The first kappa shape index (κ1) is 33.3. The molecule has 8 N–H and O–H groups in total. The Kier molecular flexibility index (Phi) is 9.57. The molecule has 21 heteroatoms. The predicted octanol–water partition coefficient (Wildman–Crippen LogP) is -0.218. The molecule has 2 fully saturated rings. The van der Waals surface area contributed by atoms with Crippen LogP contribution < -0.4 is 22.6 Å². The number of hydrogen-bond donors (Lipinski definition) is 6. The highest BCUT2D eigenvalue weighted by molar-refractivity contribution is 7.41. The van der Waals surface area contributed by atoms with Gasteiger partial charge in [-0.25, -0.2) is 9.97 Å². The first-order valence-corrected chi connectivity index (χ1v) is 16.4. The molecule has 47 heavy (non-hydrogen) atoms. The van der Waals surface area contributed by atoms with Gasteiger partial charge < -0.3 is 40.2 Å². The number of anilines is 2. The van der Waals surface area contributed by atoms with Crippen LogP contribution in [0.15, 0.2) is 22.2 Å². The van der Waals surface area contributed by atoms with Gasteiger partial charge in [0.05, 0.1) is 38.1 Å². The zero-order valence-corrected chi connectivity index (χ0v) is 26.9. The van der Waals surface area contributed by atoms with E-state index in [9.17, 15) is 19.8 Å². The molecule has 1 unspecified atom stereocenters. The summed E-state index contributed by atoms with van der Waals surface area (Å²) in [7, 11) is -2.08. The fraction of sp³-hybridized carbons (Fsp3) is 0.615. The molecule has 0 saturated carbocycles. The Morgan fingerprint density at radius 1 is 0.936 bits per heavy atom. The Bertz CT molecular complexity index is 1820. The van der Waals surface area contributed by atoms with E-state index >= 15 is 0 Å². The van der Waals surface area contributed by atoms with Gasteiger partial charge in [0.2, 0.25) is 11.9 Å². The maximum absolute atomic E-state index is 12.3. The molecule has 0 amide bonds. The number of imidazole rings is 2. The fourth-order valence-corrected chi connectivity index (χ4v) is 7.28. The van der Waals surface area contributed by atoms with Crippen molar-refractivity contribution in [3.05, 3.63) is 33.4 Å². The van der Waals surface area contributed by atoms with Crippen LogP contribution >= 0.6 is 8.60 Å². The number of quaternary nitrogens is 1. The second-order valence-corrected chi connectivity index (χ2v) is 12.4. The van der Waals surface area contributed by atoms with Gasteiger partial charge in [0.15, 0.2) is 22.3 Å². The second-order valence-electron chi connectivity index (χ2n) is 11.3. The zero-order chi connectivity index (χ0) is 33.5. The molecular formula is C26H39N11O9P+. The minimum atomic E-state index is -2.08.